The molecule has 5 heteroatoms. The van der Waals surface area contributed by atoms with Crippen LogP contribution < -0.4 is 10.9 Å². The molecule has 4 rings (SSSR count). The molecule has 0 aromatic heterocycles. The van der Waals surface area contributed by atoms with E-state index in [0.29, 0.717) is 5.56 Å². The lowest BCUT2D eigenvalue weighted by atomic mass is 9.76. The van der Waals surface area contributed by atoms with Gasteiger partial charge in [0.25, 0.3) is 5.91 Å². The van der Waals surface area contributed by atoms with Crippen molar-refractivity contribution in [2.24, 2.45) is 0 Å². The number of rotatable bonds is 4. The second-order valence-corrected chi connectivity index (χ2v) is 8.40. The van der Waals surface area contributed by atoms with E-state index in [2.05, 4.69) is 72.1 Å². The molecule has 5 nitrogen and oxygen atoms in total. The Hall–Kier alpha value is -2.21. The summed E-state index contributed by atoms with van der Waals surface area (Å²) in [5.41, 5.74) is 9.62. The van der Waals surface area contributed by atoms with E-state index < -0.39 is 0 Å². The van der Waals surface area contributed by atoms with E-state index in [9.17, 15) is 4.79 Å². The van der Waals surface area contributed by atoms with Crippen LogP contribution in [-0.4, -0.2) is 35.7 Å². The first-order valence-electron chi connectivity index (χ1n) is 9.98. The minimum absolute atomic E-state index is 0.0373. The normalized spacial score (nSPS) is 23.5. The number of carbonyl (C=O) groups excluding carboxylic acids is 1. The maximum atomic E-state index is 12.2. The van der Waals surface area contributed by atoms with Gasteiger partial charge in [0.1, 0.15) is 5.72 Å². The predicted octanol–water partition coefficient (Wildman–Crippen LogP) is 3.05. The monoisotopic (exact) mass is 379 g/mol. The number of hydrazine groups is 1. The van der Waals surface area contributed by atoms with Crippen LogP contribution in [-0.2, 0) is 24.1 Å². The molecule has 0 unspecified atom stereocenters. The molecule has 1 aliphatic carbocycles. The molecule has 148 valence electrons. The van der Waals surface area contributed by atoms with Crippen molar-refractivity contribution in [3.63, 3.8) is 0 Å². The van der Waals surface area contributed by atoms with Gasteiger partial charge in [-0.2, -0.15) is 0 Å². The van der Waals surface area contributed by atoms with E-state index in [1.165, 1.54) is 16.7 Å². The molecule has 2 N–H and O–H groups in total. The van der Waals surface area contributed by atoms with E-state index in [0.717, 1.165) is 32.4 Å². The fraction of sp³-hybridized carbons (Fsp3) is 0.435. The lowest BCUT2D eigenvalue weighted by molar-refractivity contribution is -0.0673. The molecule has 1 spiro atoms. The smallest absolute Gasteiger partial charge is 0.265 e. The molecule has 1 fully saturated rings. The Morgan fingerprint density at radius 3 is 2.68 bits per heavy atom. The standard InChI is InChI=1S/C23H29N3O2/c1-22(2)26(15-17-7-5-4-6-8-17)23(16-28-22)12-11-18-9-10-19(13-20(18)14-23)21(27)25-24-3/h4-10,13,24H,11-12,14-16H2,1-3H3,(H,25,27)/t23-/m0/s1. The number of carbonyl (C=O) groups is 1. The zero-order valence-electron chi connectivity index (χ0n) is 16.9. The van der Waals surface area contributed by atoms with Crippen LogP contribution in [0.5, 0.6) is 0 Å². The van der Waals surface area contributed by atoms with Crippen LogP contribution in [0.1, 0.15) is 47.3 Å². The van der Waals surface area contributed by atoms with Gasteiger partial charge in [-0.15, -0.1) is 0 Å². The highest BCUT2D eigenvalue weighted by atomic mass is 16.5. The molecule has 2 aromatic carbocycles. The van der Waals surface area contributed by atoms with Gasteiger partial charge < -0.3 is 4.74 Å². The lowest BCUT2D eigenvalue weighted by Crippen LogP contribution is -2.54. The number of benzene rings is 2. The van der Waals surface area contributed by atoms with Crippen molar-refractivity contribution in [3.05, 3.63) is 70.8 Å². The molecule has 1 aliphatic heterocycles. The van der Waals surface area contributed by atoms with Crippen LogP contribution in [0.4, 0.5) is 0 Å². The van der Waals surface area contributed by atoms with E-state index in [4.69, 9.17) is 4.74 Å². The number of hydrogen-bond donors (Lipinski definition) is 2. The summed E-state index contributed by atoms with van der Waals surface area (Å²) in [6.45, 7) is 5.91. The van der Waals surface area contributed by atoms with E-state index in [1.807, 2.05) is 6.07 Å². The van der Waals surface area contributed by atoms with Gasteiger partial charge in [-0.3, -0.25) is 15.1 Å². The molecule has 1 atom stereocenters. The predicted molar refractivity (Wildman–Crippen MR) is 110 cm³/mol. The lowest BCUT2D eigenvalue weighted by Gasteiger charge is -2.45. The second-order valence-electron chi connectivity index (χ2n) is 8.40. The third-order valence-corrected chi connectivity index (χ3v) is 6.19. The molecule has 2 aliphatic rings. The van der Waals surface area contributed by atoms with Gasteiger partial charge in [-0.1, -0.05) is 36.4 Å². The Morgan fingerprint density at radius 2 is 1.93 bits per heavy atom. The van der Waals surface area contributed by atoms with Crippen LogP contribution in [0.3, 0.4) is 0 Å². The average Bonchev–Trinajstić information content (AvgIpc) is 2.93. The first-order valence-corrected chi connectivity index (χ1v) is 9.98. The van der Waals surface area contributed by atoms with Crippen LogP contribution in [0.2, 0.25) is 0 Å². The van der Waals surface area contributed by atoms with Crippen LogP contribution >= 0.6 is 0 Å². The van der Waals surface area contributed by atoms with Crippen LogP contribution in [0, 0.1) is 0 Å². The summed E-state index contributed by atoms with van der Waals surface area (Å²) in [5, 5.41) is 0. The zero-order valence-corrected chi connectivity index (χ0v) is 16.9. The third-order valence-electron chi connectivity index (χ3n) is 6.19. The van der Waals surface area contributed by atoms with Crippen molar-refractivity contribution in [2.75, 3.05) is 13.7 Å². The van der Waals surface area contributed by atoms with Crippen molar-refractivity contribution in [2.45, 2.75) is 50.9 Å². The van der Waals surface area contributed by atoms with Gasteiger partial charge >= 0.3 is 0 Å². The number of amides is 1. The zero-order chi connectivity index (χ0) is 19.8. The molecule has 1 saturated heterocycles. The van der Waals surface area contributed by atoms with Gasteiger partial charge in [0.05, 0.1) is 12.1 Å². The highest BCUT2D eigenvalue weighted by Crippen LogP contribution is 2.44. The topological polar surface area (TPSA) is 53.6 Å². The minimum Gasteiger partial charge on any atom is -0.359 e. The van der Waals surface area contributed by atoms with Gasteiger partial charge in [0, 0.05) is 19.2 Å². The molecule has 0 radical (unpaired) electrons. The molecule has 0 bridgehead atoms. The molecular weight excluding hydrogens is 350 g/mol. The van der Waals surface area contributed by atoms with Crippen molar-refractivity contribution >= 4 is 5.91 Å². The summed E-state index contributed by atoms with van der Waals surface area (Å²) in [5.74, 6) is -0.103. The molecule has 1 amide bonds. The number of nitrogens with one attached hydrogen (secondary N) is 2. The fourth-order valence-electron chi connectivity index (χ4n) is 4.69. The molecule has 28 heavy (non-hydrogen) atoms. The van der Waals surface area contributed by atoms with Crippen molar-refractivity contribution < 1.29 is 9.53 Å². The highest BCUT2D eigenvalue weighted by molar-refractivity contribution is 5.94. The Morgan fingerprint density at radius 1 is 1.14 bits per heavy atom. The Labute approximate surface area is 167 Å². The fourth-order valence-corrected chi connectivity index (χ4v) is 4.69. The van der Waals surface area contributed by atoms with Gasteiger partial charge in [-0.05, 0) is 61.9 Å². The summed E-state index contributed by atoms with van der Waals surface area (Å²) in [6.07, 6.45) is 2.98. The molecule has 0 saturated carbocycles. The first-order chi connectivity index (χ1) is 13.4. The number of nitrogens with zero attached hydrogens (tertiary/aromatic N) is 1. The molecule has 2 aromatic rings. The van der Waals surface area contributed by atoms with E-state index >= 15 is 0 Å². The SMILES string of the molecule is CNNC(=O)c1ccc2c(c1)C[C@@]1(CC2)COC(C)(C)N1Cc1ccccc1. The van der Waals surface area contributed by atoms with Crippen molar-refractivity contribution in [1.82, 2.24) is 15.8 Å². The average molecular weight is 380 g/mol. The Balaban J connectivity index is 1.64. The maximum Gasteiger partial charge on any atom is 0.265 e. The molecule has 1 heterocycles. The quantitative estimate of drug-likeness (QED) is 0.802. The van der Waals surface area contributed by atoms with Crippen LogP contribution in [0.15, 0.2) is 48.5 Å². The summed E-state index contributed by atoms with van der Waals surface area (Å²) in [6, 6.07) is 16.7. The van der Waals surface area contributed by atoms with E-state index in [1.54, 1.807) is 7.05 Å². The second kappa shape index (κ2) is 7.32. The summed E-state index contributed by atoms with van der Waals surface area (Å²) >= 11 is 0. The van der Waals surface area contributed by atoms with Gasteiger partial charge in [0.2, 0.25) is 0 Å². The van der Waals surface area contributed by atoms with Gasteiger partial charge in [-0.25, -0.2) is 5.43 Å². The Kier molecular flexibility index (Phi) is 5.00. The van der Waals surface area contributed by atoms with Crippen LogP contribution in [0.25, 0.3) is 0 Å². The maximum absolute atomic E-state index is 12.2. The summed E-state index contributed by atoms with van der Waals surface area (Å²) < 4.78 is 6.29. The number of ether oxygens (including phenoxy) is 1. The van der Waals surface area contributed by atoms with Crippen molar-refractivity contribution in [1.29, 1.82) is 0 Å². The van der Waals surface area contributed by atoms with Gasteiger partial charge in [0.15, 0.2) is 0 Å². The largest absolute Gasteiger partial charge is 0.359 e. The van der Waals surface area contributed by atoms with E-state index in [-0.39, 0.29) is 17.2 Å². The third kappa shape index (κ3) is 3.46. The highest BCUT2D eigenvalue weighted by Gasteiger charge is 2.52. The number of hydrogen-bond acceptors (Lipinski definition) is 4. The first kappa shape index (κ1) is 19.1. The number of fused-ring (bicyclic) bond motifs is 1. The Bertz CT molecular complexity index is 865. The number of aryl methyl sites for hydroxylation is 1. The van der Waals surface area contributed by atoms with Crippen molar-refractivity contribution in [3.8, 4) is 0 Å². The summed E-state index contributed by atoms with van der Waals surface area (Å²) in [7, 11) is 1.70. The molecular formula is C23H29N3O2. The summed E-state index contributed by atoms with van der Waals surface area (Å²) in [4.78, 5) is 14.8. The minimum atomic E-state index is -0.311.